The van der Waals surface area contributed by atoms with E-state index in [1.54, 1.807) is 14.2 Å². The van der Waals surface area contributed by atoms with Gasteiger partial charge in [-0.3, -0.25) is 0 Å². The third-order valence-electron chi connectivity index (χ3n) is 5.43. The molecular weight excluding hydrogens is 408 g/mol. The van der Waals surface area contributed by atoms with Crippen molar-refractivity contribution < 1.29 is 9.47 Å². The molecule has 1 unspecified atom stereocenters. The first-order chi connectivity index (χ1) is 16.0. The summed E-state index contributed by atoms with van der Waals surface area (Å²) in [6.45, 7) is 4.75. The zero-order valence-electron chi connectivity index (χ0n) is 19.6. The number of hydrogen-bond acceptors (Lipinski definition) is 4. The van der Waals surface area contributed by atoms with E-state index >= 15 is 0 Å². The third-order valence-corrected chi connectivity index (χ3v) is 5.43. The fourth-order valence-electron chi connectivity index (χ4n) is 3.51. The van der Waals surface area contributed by atoms with Crippen LogP contribution in [0.5, 0.6) is 11.5 Å². The van der Waals surface area contributed by atoms with Crippen LogP contribution < -0.4 is 15.2 Å². The SMILES string of the molecule is C=CC(/C=C/c1cccc(OC)c1)=C\C(N)C1=CC(/C=C/c2cccc(OC)c2)=CCN1C. The Kier molecular flexibility index (Phi) is 8.50. The zero-order chi connectivity index (χ0) is 23.6. The molecule has 1 aliphatic heterocycles. The molecule has 0 radical (unpaired) electrons. The average Bonchev–Trinajstić information content (AvgIpc) is 2.86. The maximum Gasteiger partial charge on any atom is 0.119 e. The van der Waals surface area contributed by atoms with Crippen molar-refractivity contribution in [1.82, 2.24) is 4.90 Å². The smallest absolute Gasteiger partial charge is 0.119 e. The molecule has 2 aromatic carbocycles. The highest BCUT2D eigenvalue weighted by Gasteiger charge is 2.15. The Hall–Kier alpha value is -3.76. The van der Waals surface area contributed by atoms with Crippen LogP contribution in [0, 0.1) is 0 Å². The number of methoxy groups -OCH3 is 2. The Morgan fingerprint density at radius 2 is 1.64 bits per heavy atom. The van der Waals surface area contributed by atoms with Crippen molar-refractivity contribution in [3.63, 3.8) is 0 Å². The van der Waals surface area contributed by atoms with E-state index in [1.807, 2.05) is 66.8 Å². The highest BCUT2D eigenvalue weighted by Crippen LogP contribution is 2.21. The number of nitrogens with zero attached hydrogens (tertiary/aromatic N) is 1. The van der Waals surface area contributed by atoms with Crippen molar-refractivity contribution >= 4 is 12.2 Å². The molecule has 0 amide bonds. The first-order valence-corrected chi connectivity index (χ1v) is 10.9. The Morgan fingerprint density at radius 1 is 1.00 bits per heavy atom. The van der Waals surface area contributed by atoms with Gasteiger partial charge in [-0.05, 0) is 52.6 Å². The Balaban J connectivity index is 1.76. The molecule has 0 aliphatic carbocycles. The van der Waals surface area contributed by atoms with E-state index in [1.165, 1.54) is 0 Å². The van der Waals surface area contributed by atoms with Gasteiger partial charge in [-0.25, -0.2) is 0 Å². The molecule has 0 fully saturated rings. The summed E-state index contributed by atoms with van der Waals surface area (Å²) in [6, 6.07) is 15.6. The first-order valence-electron chi connectivity index (χ1n) is 10.9. The standard InChI is InChI=1S/C29H32N2O2/c1-5-22(12-13-23-8-6-10-26(18-23)32-3)20-28(30)29-21-25(16-17-31(29)2)15-14-24-9-7-11-27(19-24)33-4/h5-16,18-21,28H,1,17,30H2,2-4H3/b13-12+,15-14+,22-20+. The highest BCUT2D eigenvalue weighted by molar-refractivity contribution is 5.58. The lowest BCUT2D eigenvalue weighted by molar-refractivity contribution is 0.414. The number of hydrogen-bond donors (Lipinski definition) is 1. The van der Waals surface area contributed by atoms with E-state index in [2.05, 4.69) is 48.9 Å². The van der Waals surface area contributed by atoms with Gasteiger partial charge in [0, 0.05) is 19.3 Å². The van der Waals surface area contributed by atoms with Crippen molar-refractivity contribution in [3.05, 3.63) is 120 Å². The molecule has 0 spiro atoms. The van der Waals surface area contributed by atoms with Gasteiger partial charge < -0.3 is 20.1 Å². The molecule has 0 aromatic heterocycles. The van der Waals surface area contributed by atoms with Crippen LogP contribution in [0.4, 0.5) is 0 Å². The fourth-order valence-corrected chi connectivity index (χ4v) is 3.51. The quantitative estimate of drug-likeness (QED) is 0.514. The molecule has 1 aliphatic rings. The van der Waals surface area contributed by atoms with Crippen LogP contribution in [-0.2, 0) is 0 Å². The predicted molar refractivity (Wildman–Crippen MR) is 139 cm³/mol. The normalized spacial score (nSPS) is 15.4. The fraction of sp³-hybridized carbons (Fsp3) is 0.172. The summed E-state index contributed by atoms with van der Waals surface area (Å²) in [6.07, 6.45) is 16.4. The molecule has 0 saturated heterocycles. The molecule has 2 aromatic rings. The molecular formula is C29H32N2O2. The molecule has 3 rings (SSSR count). The summed E-state index contributed by atoms with van der Waals surface area (Å²) in [5.41, 5.74) is 11.9. The molecule has 170 valence electrons. The summed E-state index contributed by atoms with van der Waals surface area (Å²) >= 11 is 0. The number of benzene rings is 2. The Labute approximate surface area is 197 Å². The van der Waals surface area contributed by atoms with Crippen molar-refractivity contribution in [2.45, 2.75) is 6.04 Å². The molecule has 0 bridgehead atoms. The maximum absolute atomic E-state index is 6.58. The van der Waals surface area contributed by atoms with Crippen LogP contribution in [0.2, 0.25) is 0 Å². The number of ether oxygens (including phenoxy) is 2. The minimum Gasteiger partial charge on any atom is -0.497 e. The molecule has 2 N–H and O–H groups in total. The van der Waals surface area contributed by atoms with Crippen LogP contribution >= 0.6 is 0 Å². The Bertz CT molecular complexity index is 1120. The van der Waals surface area contributed by atoms with Gasteiger partial charge in [0.05, 0.1) is 20.3 Å². The van der Waals surface area contributed by atoms with Gasteiger partial charge in [0.2, 0.25) is 0 Å². The minimum absolute atomic E-state index is 0.258. The second-order valence-electron chi connectivity index (χ2n) is 7.77. The molecule has 0 saturated carbocycles. The maximum atomic E-state index is 6.58. The third kappa shape index (κ3) is 6.86. The van der Waals surface area contributed by atoms with Crippen LogP contribution in [0.25, 0.3) is 12.2 Å². The van der Waals surface area contributed by atoms with Crippen LogP contribution in [0.15, 0.2) is 108 Å². The lowest BCUT2D eigenvalue weighted by Crippen LogP contribution is -2.33. The second kappa shape index (κ2) is 11.7. The number of allylic oxidation sites excluding steroid dienone is 6. The lowest BCUT2D eigenvalue weighted by Gasteiger charge is -2.28. The summed E-state index contributed by atoms with van der Waals surface area (Å²) in [5.74, 6) is 1.67. The van der Waals surface area contributed by atoms with Gasteiger partial charge in [0.15, 0.2) is 0 Å². The molecule has 4 heteroatoms. The van der Waals surface area contributed by atoms with Crippen molar-refractivity contribution in [1.29, 1.82) is 0 Å². The largest absolute Gasteiger partial charge is 0.497 e. The summed E-state index contributed by atoms with van der Waals surface area (Å²) < 4.78 is 10.6. The Morgan fingerprint density at radius 3 is 2.24 bits per heavy atom. The molecule has 1 atom stereocenters. The van der Waals surface area contributed by atoms with Gasteiger partial charge in [0.1, 0.15) is 11.5 Å². The summed E-state index contributed by atoms with van der Waals surface area (Å²) in [7, 11) is 5.40. The topological polar surface area (TPSA) is 47.7 Å². The van der Waals surface area contributed by atoms with E-state index in [0.717, 1.165) is 46.0 Å². The summed E-state index contributed by atoms with van der Waals surface area (Å²) in [4.78, 5) is 2.16. The molecule has 4 nitrogen and oxygen atoms in total. The average molecular weight is 441 g/mol. The lowest BCUT2D eigenvalue weighted by atomic mass is 10.0. The van der Waals surface area contributed by atoms with Gasteiger partial charge in [-0.15, -0.1) is 0 Å². The van der Waals surface area contributed by atoms with Gasteiger partial charge in [0.25, 0.3) is 0 Å². The minimum atomic E-state index is -0.258. The van der Waals surface area contributed by atoms with Crippen molar-refractivity contribution in [3.8, 4) is 11.5 Å². The van der Waals surface area contributed by atoms with Gasteiger partial charge in [-0.1, -0.05) is 73.4 Å². The number of likely N-dealkylation sites (N-methyl/N-ethyl adjacent to an activating group) is 1. The monoisotopic (exact) mass is 440 g/mol. The molecule has 33 heavy (non-hydrogen) atoms. The number of nitrogens with two attached hydrogens (primary N) is 1. The van der Waals surface area contributed by atoms with E-state index in [0.29, 0.717) is 0 Å². The van der Waals surface area contributed by atoms with E-state index in [4.69, 9.17) is 15.2 Å². The second-order valence-corrected chi connectivity index (χ2v) is 7.77. The zero-order valence-corrected chi connectivity index (χ0v) is 19.6. The number of rotatable bonds is 9. The summed E-state index contributed by atoms with van der Waals surface area (Å²) in [5, 5.41) is 0. The molecule has 1 heterocycles. The van der Waals surface area contributed by atoms with Crippen molar-refractivity contribution in [2.75, 3.05) is 27.8 Å². The van der Waals surface area contributed by atoms with E-state index in [9.17, 15) is 0 Å². The van der Waals surface area contributed by atoms with Gasteiger partial charge in [-0.2, -0.15) is 0 Å². The van der Waals surface area contributed by atoms with Crippen LogP contribution in [0.1, 0.15) is 11.1 Å². The van der Waals surface area contributed by atoms with Crippen molar-refractivity contribution in [2.24, 2.45) is 5.73 Å². The van der Waals surface area contributed by atoms with E-state index in [-0.39, 0.29) is 6.04 Å². The van der Waals surface area contributed by atoms with E-state index < -0.39 is 0 Å². The van der Waals surface area contributed by atoms with Crippen LogP contribution in [-0.4, -0.2) is 38.8 Å². The van der Waals surface area contributed by atoms with Crippen LogP contribution in [0.3, 0.4) is 0 Å². The highest BCUT2D eigenvalue weighted by atomic mass is 16.5. The first kappa shape index (κ1) is 23.9. The van der Waals surface area contributed by atoms with Gasteiger partial charge >= 0.3 is 0 Å². The predicted octanol–water partition coefficient (Wildman–Crippen LogP) is 5.63.